The van der Waals surface area contributed by atoms with Gasteiger partial charge in [-0.15, -0.1) is 0 Å². The highest BCUT2D eigenvalue weighted by Crippen LogP contribution is 2.13. The van der Waals surface area contributed by atoms with Crippen LogP contribution in [0.1, 0.15) is 206 Å². The van der Waals surface area contributed by atoms with Crippen molar-refractivity contribution in [3.8, 4) is 0 Å². The smallest absolute Gasteiger partial charge is 0.306 e. The maximum absolute atomic E-state index is 12.2. The molecular formula is C43H80O4. The van der Waals surface area contributed by atoms with Gasteiger partial charge in [0.15, 0.2) is 0 Å². The molecule has 0 heterocycles. The van der Waals surface area contributed by atoms with Gasteiger partial charge in [-0.2, -0.15) is 0 Å². The van der Waals surface area contributed by atoms with Gasteiger partial charge in [-0.05, 0) is 70.6 Å². The molecule has 0 radical (unpaired) electrons. The highest BCUT2D eigenvalue weighted by Gasteiger charge is 2.13. The van der Waals surface area contributed by atoms with Crippen molar-refractivity contribution in [1.82, 2.24) is 0 Å². The lowest BCUT2D eigenvalue weighted by Gasteiger charge is -2.15. The summed E-state index contributed by atoms with van der Waals surface area (Å²) in [6, 6.07) is 0. The summed E-state index contributed by atoms with van der Waals surface area (Å²) >= 11 is 0. The maximum atomic E-state index is 12.2. The van der Waals surface area contributed by atoms with Crippen LogP contribution in [0.4, 0.5) is 0 Å². The molecule has 0 fully saturated rings. The first-order chi connectivity index (χ1) is 23.2. The third kappa shape index (κ3) is 38.9. The van der Waals surface area contributed by atoms with Crippen LogP contribution in [0.3, 0.4) is 0 Å². The molecule has 0 amide bonds. The van der Waals surface area contributed by atoms with Crippen LogP contribution in [0, 0.1) is 0 Å². The van der Waals surface area contributed by atoms with Crippen LogP contribution in [0.25, 0.3) is 0 Å². The summed E-state index contributed by atoms with van der Waals surface area (Å²) in [6.45, 7) is 5.32. The van der Waals surface area contributed by atoms with Gasteiger partial charge in [-0.1, -0.05) is 166 Å². The van der Waals surface area contributed by atoms with E-state index in [2.05, 4.69) is 50.3 Å². The van der Waals surface area contributed by atoms with E-state index in [4.69, 9.17) is 9.47 Å². The number of rotatable bonds is 38. The highest BCUT2D eigenvalue weighted by molar-refractivity contribution is 5.69. The SMILES string of the molecule is CCCCCC/C=C\C/C=C\CCCCCCCC(=O)OC(CO)COCCCCCCCCCC/C=C\CCCCCCCCC. The number of ether oxygens (including phenoxy) is 2. The van der Waals surface area contributed by atoms with Crippen LogP contribution in [-0.2, 0) is 14.3 Å². The average Bonchev–Trinajstić information content (AvgIpc) is 3.08. The summed E-state index contributed by atoms with van der Waals surface area (Å²) in [4.78, 5) is 12.2. The lowest BCUT2D eigenvalue weighted by atomic mass is 10.1. The Bertz CT molecular complexity index is 698. The van der Waals surface area contributed by atoms with Gasteiger partial charge in [-0.3, -0.25) is 4.79 Å². The van der Waals surface area contributed by atoms with E-state index in [1.54, 1.807) is 0 Å². The Morgan fingerprint density at radius 1 is 0.511 bits per heavy atom. The highest BCUT2D eigenvalue weighted by atomic mass is 16.6. The Balaban J connectivity index is 3.45. The molecule has 0 bridgehead atoms. The molecule has 0 aliphatic heterocycles. The van der Waals surface area contributed by atoms with Crippen LogP contribution >= 0.6 is 0 Å². The number of hydrogen-bond donors (Lipinski definition) is 1. The molecule has 1 N–H and O–H groups in total. The Morgan fingerprint density at radius 3 is 1.36 bits per heavy atom. The molecule has 0 spiro atoms. The number of allylic oxidation sites excluding steroid dienone is 6. The zero-order valence-electron chi connectivity index (χ0n) is 31.5. The first-order valence-corrected chi connectivity index (χ1v) is 20.6. The van der Waals surface area contributed by atoms with Gasteiger partial charge in [-0.25, -0.2) is 0 Å². The number of aliphatic hydroxyl groups is 1. The molecule has 0 saturated carbocycles. The van der Waals surface area contributed by atoms with E-state index in [-0.39, 0.29) is 19.2 Å². The van der Waals surface area contributed by atoms with E-state index in [1.165, 1.54) is 148 Å². The zero-order valence-corrected chi connectivity index (χ0v) is 31.5. The summed E-state index contributed by atoms with van der Waals surface area (Å²) in [7, 11) is 0. The summed E-state index contributed by atoms with van der Waals surface area (Å²) in [5, 5.41) is 9.58. The number of carbonyl (C=O) groups is 1. The van der Waals surface area contributed by atoms with Gasteiger partial charge in [0.05, 0.1) is 13.2 Å². The van der Waals surface area contributed by atoms with Crippen molar-refractivity contribution in [2.45, 2.75) is 213 Å². The molecule has 1 unspecified atom stereocenters. The third-order valence-corrected chi connectivity index (χ3v) is 8.94. The van der Waals surface area contributed by atoms with Crippen molar-refractivity contribution in [3.05, 3.63) is 36.5 Å². The first-order valence-electron chi connectivity index (χ1n) is 20.6. The van der Waals surface area contributed by atoms with E-state index in [9.17, 15) is 9.90 Å². The number of hydrogen-bond acceptors (Lipinski definition) is 4. The molecule has 0 saturated heterocycles. The molecular weight excluding hydrogens is 580 g/mol. The van der Waals surface area contributed by atoms with Gasteiger partial charge in [0.25, 0.3) is 0 Å². The van der Waals surface area contributed by atoms with Crippen LogP contribution < -0.4 is 0 Å². The summed E-state index contributed by atoms with van der Waals surface area (Å²) < 4.78 is 11.1. The Kier molecular flexibility index (Phi) is 39.6. The molecule has 276 valence electrons. The van der Waals surface area contributed by atoms with Gasteiger partial charge < -0.3 is 14.6 Å². The number of aliphatic hydroxyl groups excluding tert-OH is 1. The predicted octanol–water partition coefficient (Wildman–Crippen LogP) is 13.3. The maximum Gasteiger partial charge on any atom is 0.306 e. The monoisotopic (exact) mass is 661 g/mol. The largest absolute Gasteiger partial charge is 0.457 e. The quantitative estimate of drug-likeness (QED) is 0.0407. The van der Waals surface area contributed by atoms with Gasteiger partial charge in [0.2, 0.25) is 0 Å². The van der Waals surface area contributed by atoms with Gasteiger partial charge in [0.1, 0.15) is 6.10 Å². The van der Waals surface area contributed by atoms with E-state index in [0.717, 1.165) is 38.5 Å². The number of unbranched alkanes of at least 4 members (excludes halogenated alkanes) is 24. The normalized spacial score (nSPS) is 12.7. The Labute approximate surface area is 293 Å². The second-order valence-electron chi connectivity index (χ2n) is 13.7. The summed E-state index contributed by atoms with van der Waals surface area (Å²) in [5.41, 5.74) is 0. The molecule has 4 heteroatoms. The van der Waals surface area contributed by atoms with Crippen molar-refractivity contribution in [2.75, 3.05) is 19.8 Å². The number of carbonyl (C=O) groups excluding carboxylic acids is 1. The second kappa shape index (κ2) is 40.8. The lowest BCUT2D eigenvalue weighted by molar-refractivity contribution is -0.154. The molecule has 4 nitrogen and oxygen atoms in total. The molecule has 0 aliphatic carbocycles. The number of esters is 1. The van der Waals surface area contributed by atoms with E-state index in [1.807, 2.05) is 0 Å². The van der Waals surface area contributed by atoms with Gasteiger partial charge >= 0.3 is 5.97 Å². The third-order valence-electron chi connectivity index (χ3n) is 8.94. The molecule has 0 aromatic rings. The minimum Gasteiger partial charge on any atom is -0.457 e. The lowest BCUT2D eigenvalue weighted by Crippen LogP contribution is -2.27. The van der Waals surface area contributed by atoms with E-state index in [0.29, 0.717) is 13.0 Å². The fourth-order valence-corrected chi connectivity index (χ4v) is 5.82. The first kappa shape index (κ1) is 45.6. The van der Waals surface area contributed by atoms with Crippen LogP contribution in [0.2, 0.25) is 0 Å². The molecule has 0 aromatic heterocycles. The minimum absolute atomic E-state index is 0.178. The van der Waals surface area contributed by atoms with Gasteiger partial charge in [0, 0.05) is 13.0 Å². The van der Waals surface area contributed by atoms with Crippen molar-refractivity contribution in [3.63, 3.8) is 0 Å². The topological polar surface area (TPSA) is 55.8 Å². The summed E-state index contributed by atoms with van der Waals surface area (Å²) in [5.74, 6) is -0.214. The fourth-order valence-electron chi connectivity index (χ4n) is 5.82. The Morgan fingerprint density at radius 2 is 0.894 bits per heavy atom. The second-order valence-corrected chi connectivity index (χ2v) is 13.7. The molecule has 0 aliphatic rings. The van der Waals surface area contributed by atoms with Crippen molar-refractivity contribution >= 4 is 5.97 Å². The fraction of sp³-hybridized carbons (Fsp3) is 0.837. The molecule has 0 aromatic carbocycles. The predicted molar refractivity (Wildman–Crippen MR) is 205 cm³/mol. The van der Waals surface area contributed by atoms with E-state index >= 15 is 0 Å². The van der Waals surface area contributed by atoms with Crippen molar-refractivity contribution in [2.24, 2.45) is 0 Å². The zero-order chi connectivity index (χ0) is 34.1. The van der Waals surface area contributed by atoms with Crippen molar-refractivity contribution < 1.29 is 19.4 Å². The van der Waals surface area contributed by atoms with Crippen molar-refractivity contribution in [1.29, 1.82) is 0 Å². The Hall–Kier alpha value is -1.39. The molecule has 47 heavy (non-hydrogen) atoms. The standard InChI is InChI=1S/C43H80O4/c1-3-5-7-9-11-13-15-17-19-21-22-23-25-27-29-31-33-35-37-39-46-41-42(40-44)47-43(45)38-36-34-32-30-28-26-24-20-18-16-14-12-10-8-6-4-2/h14,16,19-21,24,42,44H,3-13,15,17-18,22-23,25-41H2,1-2H3/b16-14-,21-19-,24-20-. The van der Waals surface area contributed by atoms with Crippen LogP contribution in [0.15, 0.2) is 36.5 Å². The molecule has 0 rings (SSSR count). The summed E-state index contributed by atoms with van der Waals surface area (Å²) in [6.07, 6.45) is 50.5. The molecule has 1 atom stereocenters. The van der Waals surface area contributed by atoms with Crippen LogP contribution in [-0.4, -0.2) is 37.0 Å². The average molecular weight is 661 g/mol. The van der Waals surface area contributed by atoms with E-state index < -0.39 is 6.10 Å². The minimum atomic E-state index is -0.541. The van der Waals surface area contributed by atoms with Crippen LogP contribution in [0.5, 0.6) is 0 Å².